The number of para-hydroxylation sites is 1. The summed E-state index contributed by atoms with van der Waals surface area (Å²) in [6, 6.07) is 21.8. The molecule has 0 bridgehead atoms. The smallest absolute Gasteiger partial charge is 0.325 e. The highest BCUT2D eigenvalue weighted by molar-refractivity contribution is 5.98. The van der Waals surface area contributed by atoms with Crippen molar-refractivity contribution in [1.29, 1.82) is 0 Å². The molecule has 32 heavy (non-hydrogen) atoms. The Labute approximate surface area is 183 Å². The molecule has 0 saturated heterocycles. The lowest BCUT2D eigenvalue weighted by molar-refractivity contribution is -0.384. The van der Waals surface area contributed by atoms with Gasteiger partial charge in [-0.15, -0.1) is 0 Å². The quantitative estimate of drug-likeness (QED) is 0.319. The summed E-state index contributed by atoms with van der Waals surface area (Å²) in [6.45, 7) is -1.02. The molecule has 3 rings (SSSR count). The number of nitro groups is 1. The number of hydrogen-bond acceptors (Lipinski definition) is 6. The highest BCUT2D eigenvalue weighted by Crippen LogP contribution is 2.27. The normalized spacial score (nSPS) is 10.1. The van der Waals surface area contributed by atoms with E-state index in [-0.39, 0.29) is 11.3 Å². The summed E-state index contributed by atoms with van der Waals surface area (Å²) in [5.41, 5.74) is 2.09. The van der Waals surface area contributed by atoms with Gasteiger partial charge >= 0.3 is 5.97 Å². The molecule has 0 unspecified atom stereocenters. The highest BCUT2D eigenvalue weighted by Gasteiger charge is 2.14. The van der Waals surface area contributed by atoms with E-state index in [9.17, 15) is 24.5 Å². The molecule has 3 aromatic rings. The Hall–Kier alpha value is -4.53. The molecular formula is C23H19N3O6. The number of benzene rings is 3. The lowest BCUT2D eigenvalue weighted by atomic mass is 10.0. The Morgan fingerprint density at radius 3 is 2.38 bits per heavy atom. The molecule has 0 aliphatic heterocycles. The van der Waals surface area contributed by atoms with Crippen molar-refractivity contribution in [2.24, 2.45) is 0 Å². The summed E-state index contributed by atoms with van der Waals surface area (Å²) >= 11 is 0. The predicted molar refractivity (Wildman–Crippen MR) is 117 cm³/mol. The van der Waals surface area contributed by atoms with E-state index < -0.39 is 35.9 Å². The maximum absolute atomic E-state index is 12.2. The van der Waals surface area contributed by atoms with Crippen molar-refractivity contribution in [2.75, 3.05) is 18.5 Å². The van der Waals surface area contributed by atoms with Crippen LogP contribution in [0.25, 0.3) is 11.1 Å². The number of ether oxygens (including phenoxy) is 1. The number of esters is 1. The van der Waals surface area contributed by atoms with Crippen LogP contribution in [-0.4, -0.2) is 35.9 Å². The number of nitrogens with one attached hydrogen (secondary N) is 2. The number of rotatable bonds is 8. The van der Waals surface area contributed by atoms with Crippen LogP contribution in [0.3, 0.4) is 0 Å². The molecule has 9 nitrogen and oxygen atoms in total. The Balaban J connectivity index is 1.50. The Kier molecular flexibility index (Phi) is 7.26. The van der Waals surface area contributed by atoms with Gasteiger partial charge in [0.25, 0.3) is 17.5 Å². The van der Waals surface area contributed by atoms with E-state index >= 15 is 0 Å². The molecule has 162 valence electrons. The van der Waals surface area contributed by atoms with Crippen molar-refractivity contribution >= 4 is 29.2 Å². The Bertz CT molecular complexity index is 1150. The summed E-state index contributed by atoms with van der Waals surface area (Å²) in [6.07, 6.45) is 0. The predicted octanol–water partition coefficient (Wildman–Crippen LogP) is 3.17. The first kappa shape index (κ1) is 22.2. The summed E-state index contributed by atoms with van der Waals surface area (Å²) in [5, 5.41) is 15.8. The topological polar surface area (TPSA) is 128 Å². The van der Waals surface area contributed by atoms with Crippen molar-refractivity contribution in [2.45, 2.75) is 0 Å². The summed E-state index contributed by atoms with van der Waals surface area (Å²) in [7, 11) is 0. The van der Waals surface area contributed by atoms with Crippen LogP contribution >= 0.6 is 0 Å². The molecule has 0 atom stereocenters. The minimum absolute atomic E-state index is 0.0299. The van der Waals surface area contributed by atoms with Crippen molar-refractivity contribution in [1.82, 2.24) is 5.32 Å². The zero-order valence-electron chi connectivity index (χ0n) is 16.8. The van der Waals surface area contributed by atoms with Gasteiger partial charge in [-0.05, 0) is 17.7 Å². The van der Waals surface area contributed by atoms with E-state index in [4.69, 9.17) is 4.74 Å². The largest absolute Gasteiger partial charge is 0.454 e. The average molecular weight is 433 g/mol. The number of carbonyl (C=O) groups is 3. The van der Waals surface area contributed by atoms with E-state index in [1.54, 1.807) is 12.1 Å². The Morgan fingerprint density at radius 1 is 0.906 bits per heavy atom. The molecule has 0 radical (unpaired) electrons. The first-order chi connectivity index (χ1) is 15.4. The van der Waals surface area contributed by atoms with Gasteiger partial charge in [-0.3, -0.25) is 24.5 Å². The molecule has 0 aliphatic rings. The van der Waals surface area contributed by atoms with Crippen LogP contribution in [0.2, 0.25) is 0 Å². The standard InChI is InChI=1S/C23H19N3O6/c27-21(25-20-12-5-4-11-19(20)16-7-2-1-3-8-16)15-32-22(28)14-24-23(29)17-9-6-10-18(13-17)26(30)31/h1-13H,14-15H2,(H,24,29)(H,25,27). The second-order valence-electron chi connectivity index (χ2n) is 6.61. The SMILES string of the molecule is O=C(COC(=O)CNC(=O)c1cccc([N+](=O)[O-])c1)Nc1ccccc1-c1ccccc1. The number of anilines is 1. The van der Waals surface area contributed by atoms with Gasteiger partial charge in [0, 0.05) is 28.9 Å². The third kappa shape index (κ3) is 5.99. The molecule has 0 aromatic heterocycles. The lowest BCUT2D eigenvalue weighted by Crippen LogP contribution is -2.32. The van der Waals surface area contributed by atoms with Crippen LogP contribution in [0.15, 0.2) is 78.9 Å². The highest BCUT2D eigenvalue weighted by atomic mass is 16.6. The summed E-state index contributed by atoms with van der Waals surface area (Å²) in [5.74, 6) is -2.03. The molecule has 3 aromatic carbocycles. The second-order valence-corrected chi connectivity index (χ2v) is 6.61. The van der Waals surface area contributed by atoms with Gasteiger partial charge in [-0.2, -0.15) is 0 Å². The number of hydrogen-bond donors (Lipinski definition) is 2. The fraction of sp³-hybridized carbons (Fsp3) is 0.0870. The molecule has 9 heteroatoms. The van der Waals surface area contributed by atoms with E-state index in [2.05, 4.69) is 10.6 Å². The number of carbonyl (C=O) groups excluding carboxylic acids is 3. The van der Waals surface area contributed by atoms with Crippen LogP contribution in [0.1, 0.15) is 10.4 Å². The third-order valence-corrected chi connectivity index (χ3v) is 4.36. The van der Waals surface area contributed by atoms with Crippen LogP contribution < -0.4 is 10.6 Å². The van der Waals surface area contributed by atoms with E-state index in [0.29, 0.717) is 5.69 Å². The number of non-ortho nitro benzene ring substituents is 1. The molecular weight excluding hydrogens is 414 g/mol. The maximum Gasteiger partial charge on any atom is 0.325 e. The van der Waals surface area contributed by atoms with Crippen molar-refractivity contribution < 1.29 is 24.0 Å². The second kappa shape index (κ2) is 10.5. The van der Waals surface area contributed by atoms with Gasteiger partial charge < -0.3 is 15.4 Å². The lowest BCUT2D eigenvalue weighted by Gasteiger charge is -2.11. The first-order valence-corrected chi connectivity index (χ1v) is 9.56. The molecule has 0 saturated carbocycles. The van der Waals surface area contributed by atoms with E-state index in [0.717, 1.165) is 17.2 Å². The minimum Gasteiger partial charge on any atom is -0.454 e. The van der Waals surface area contributed by atoms with E-state index in [1.165, 1.54) is 18.2 Å². The van der Waals surface area contributed by atoms with Crippen molar-refractivity contribution in [3.8, 4) is 11.1 Å². The number of nitro benzene ring substituents is 1. The van der Waals surface area contributed by atoms with Crippen molar-refractivity contribution in [3.05, 3.63) is 94.5 Å². The molecule has 2 N–H and O–H groups in total. The molecule has 2 amide bonds. The first-order valence-electron chi connectivity index (χ1n) is 9.56. The van der Waals surface area contributed by atoms with Gasteiger partial charge in [-0.1, -0.05) is 54.6 Å². The molecule has 0 spiro atoms. The van der Waals surface area contributed by atoms with Gasteiger partial charge in [-0.25, -0.2) is 0 Å². The zero-order chi connectivity index (χ0) is 22.9. The molecule has 0 fully saturated rings. The molecule has 0 heterocycles. The minimum atomic E-state index is -0.824. The maximum atomic E-state index is 12.2. The van der Waals surface area contributed by atoms with Crippen LogP contribution in [-0.2, 0) is 14.3 Å². The van der Waals surface area contributed by atoms with E-state index in [1.807, 2.05) is 42.5 Å². The number of nitrogens with zero attached hydrogens (tertiary/aromatic N) is 1. The fourth-order valence-electron chi connectivity index (χ4n) is 2.86. The van der Waals surface area contributed by atoms with Crippen LogP contribution in [0.5, 0.6) is 0 Å². The number of amides is 2. The molecule has 0 aliphatic carbocycles. The average Bonchev–Trinajstić information content (AvgIpc) is 2.82. The Morgan fingerprint density at radius 2 is 1.62 bits per heavy atom. The third-order valence-electron chi connectivity index (χ3n) is 4.36. The van der Waals surface area contributed by atoms with Gasteiger partial charge in [0.2, 0.25) is 0 Å². The monoisotopic (exact) mass is 433 g/mol. The van der Waals surface area contributed by atoms with Crippen LogP contribution in [0, 0.1) is 10.1 Å². The van der Waals surface area contributed by atoms with Gasteiger partial charge in [0.15, 0.2) is 6.61 Å². The zero-order valence-corrected chi connectivity index (χ0v) is 16.8. The van der Waals surface area contributed by atoms with Crippen LogP contribution in [0.4, 0.5) is 11.4 Å². The summed E-state index contributed by atoms with van der Waals surface area (Å²) in [4.78, 5) is 46.3. The fourth-order valence-corrected chi connectivity index (χ4v) is 2.86. The van der Waals surface area contributed by atoms with Gasteiger partial charge in [0.05, 0.1) is 4.92 Å². The van der Waals surface area contributed by atoms with Crippen molar-refractivity contribution in [3.63, 3.8) is 0 Å². The summed E-state index contributed by atoms with van der Waals surface area (Å²) < 4.78 is 4.90. The van der Waals surface area contributed by atoms with Gasteiger partial charge in [0.1, 0.15) is 6.54 Å².